The summed E-state index contributed by atoms with van der Waals surface area (Å²) in [5.74, 6) is 1.36. The summed E-state index contributed by atoms with van der Waals surface area (Å²) in [6.07, 6.45) is 1.44. The van der Waals surface area contributed by atoms with E-state index in [9.17, 15) is 13.2 Å². The van der Waals surface area contributed by atoms with Gasteiger partial charge in [-0.2, -0.15) is 11.8 Å². The zero-order valence-electron chi connectivity index (χ0n) is 11.7. The van der Waals surface area contributed by atoms with Crippen LogP contribution in [0.1, 0.15) is 19.8 Å². The third-order valence-corrected chi connectivity index (χ3v) is 5.77. The number of amides is 1. The summed E-state index contributed by atoms with van der Waals surface area (Å²) < 4.78 is 25.5. The normalized spacial score (nSPS) is 18.1. The van der Waals surface area contributed by atoms with E-state index in [0.29, 0.717) is 19.5 Å². The van der Waals surface area contributed by atoms with Crippen molar-refractivity contribution in [2.24, 2.45) is 5.73 Å². The first-order valence-corrected chi connectivity index (χ1v) is 9.32. The highest BCUT2D eigenvalue weighted by molar-refractivity contribution is 7.99. The highest BCUT2D eigenvalue weighted by atomic mass is 35.5. The Labute approximate surface area is 131 Å². The molecule has 0 saturated carbocycles. The lowest BCUT2D eigenvalue weighted by Gasteiger charge is -2.25. The number of nitrogens with two attached hydrogens (primary N) is 1. The summed E-state index contributed by atoms with van der Waals surface area (Å²) in [6.45, 7) is 3.21. The molecule has 0 bridgehead atoms. The number of sulfonamides is 1. The molecule has 0 radical (unpaired) electrons. The highest BCUT2D eigenvalue weighted by Crippen LogP contribution is 2.12. The number of nitrogens with zero attached hydrogens (tertiary/aromatic N) is 1. The van der Waals surface area contributed by atoms with Gasteiger partial charge in [-0.25, -0.2) is 12.7 Å². The molecule has 1 aliphatic rings. The zero-order valence-corrected chi connectivity index (χ0v) is 14.2. The van der Waals surface area contributed by atoms with Crippen molar-refractivity contribution in [3.05, 3.63) is 0 Å². The van der Waals surface area contributed by atoms with Gasteiger partial charge in [-0.05, 0) is 6.42 Å². The van der Waals surface area contributed by atoms with Gasteiger partial charge >= 0.3 is 0 Å². The first kappa shape index (κ1) is 20.0. The molecule has 1 rings (SSSR count). The summed E-state index contributed by atoms with van der Waals surface area (Å²) in [5, 5.41) is 2.59. The SMILES string of the molecule is CCCC(N)C(=O)NCCS(=O)(=O)N1CCSCC1.Cl. The predicted octanol–water partition coefficient (Wildman–Crippen LogP) is 0.0304. The Balaban J connectivity index is 0.00000361. The largest absolute Gasteiger partial charge is 0.354 e. The van der Waals surface area contributed by atoms with Gasteiger partial charge in [0.1, 0.15) is 0 Å². The topological polar surface area (TPSA) is 92.5 Å². The van der Waals surface area contributed by atoms with E-state index in [4.69, 9.17) is 5.73 Å². The minimum Gasteiger partial charge on any atom is -0.354 e. The van der Waals surface area contributed by atoms with Crippen molar-refractivity contribution in [3.8, 4) is 0 Å². The van der Waals surface area contributed by atoms with Crippen molar-refractivity contribution in [1.82, 2.24) is 9.62 Å². The number of hydrogen-bond donors (Lipinski definition) is 2. The monoisotopic (exact) mass is 345 g/mol. The minimum atomic E-state index is -3.25. The van der Waals surface area contributed by atoms with Gasteiger partial charge in [0.25, 0.3) is 0 Å². The van der Waals surface area contributed by atoms with E-state index >= 15 is 0 Å². The Kier molecular flexibility index (Phi) is 9.82. The molecule has 1 unspecified atom stereocenters. The number of rotatable bonds is 7. The lowest BCUT2D eigenvalue weighted by Crippen LogP contribution is -2.45. The van der Waals surface area contributed by atoms with Crippen LogP contribution in [0.2, 0.25) is 0 Å². The molecule has 9 heteroatoms. The van der Waals surface area contributed by atoms with Crippen molar-refractivity contribution in [1.29, 1.82) is 0 Å². The maximum atomic E-state index is 12.0. The molecule has 1 atom stereocenters. The van der Waals surface area contributed by atoms with E-state index < -0.39 is 16.1 Å². The van der Waals surface area contributed by atoms with Crippen molar-refractivity contribution in [2.45, 2.75) is 25.8 Å². The summed E-state index contributed by atoms with van der Waals surface area (Å²) in [7, 11) is -3.25. The molecule has 6 nitrogen and oxygen atoms in total. The van der Waals surface area contributed by atoms with E-state index in [1.54, 1.807) is 11.8 Å². The number of nitrogens with one attached hydrogen (secondary N) is 1. The van der Waals surface area contributed by atoms with Crippen LogP contribution in [0, 0.1) is 0 Å². The van der Waals surface area contributed by atoms with E-state index in [1.165, 1.54) is 4.31 Å². The van der Waals surface area contributed by atoms with Crippen molar-refractivity contribution in [3.63, 3.8) is 0 Å². The fourth-order valence-corrected chi connectivity index (χ4v) is 4.32. The van der Waals surface area contributed by atoms with Gasteiger partial charge in [-0.1, -0.05) is 13.3 Å². The molecule has 1 saturated heterocycles. The molecule has 20 heavy (non-hydrogen) atoms. The van der Waals surface area contributed by atoms with Crippen molar-refractivity contribution in [2.75, 3.05) is 36.9 Å². The maximum Gasteiger partial charge on any atom is 0.236 e. The molecule has 1 heterocycles. The van der Waals surface area contributed by atoms with Crippen molar-refractivity contribution >= 4 is 40.1 Å². The van der Waals surface area contributed by atoms with Gasteiger partial charge in [-0.15, -0.1) is 12.4 Å². The quantitative estimate of drug-likeness (QED) is 0.679. The molecular formula is C11H24ClN3O3S2. The fraction of sp³-hybridized carbons (Fsp3) is 0.909. The molecule has 1 fully saturated rings. The Bertz CT molecular complexity index is 386. The first-order valence-electron chi connectivity index (χ1n) is 6.56. The predicted molar refractivity (Wildman–Crippen MR) is 85.8 cm³/mol. The number of carbonyl (C=O) groups excluding carboxylic acids is 1. The molecule has 0 spiro atoms. The molecular weight excluding hydrogens is 322 g/mol. The summed E-state index contributed by atoms with van der Waals surface area (Å²) >= 11 is 1.76. The number of halogens is 1. The molecule has 3 N–H and O–H groups in total. The lowest BCUT2D eigenvalue weighted by atomic mass is 10.2. The maximum absolute atomic E-state index is 12.0. The smallest absolute Gasteiger partial charge is 0.236 e. The molecule has 120 valence electrons. The van der Waals surface area contributed by atoms with Gasteiger partial charge < -0.3 is 11.1 Å². The van der Waals surface area contributed by atoms with Crippen LogP contribution >= 0.6 is 24.2 Å². The molecule has 1 aliphatic heterocycles. The molecule has 1 amide bonds. The summed E-state index contributed by atoms with van der Waals surface area (Å²) in [5.41, 5.74) is 5.65. The third-order valence-electron chi connectivity index (χ3n) is 2.96. The second-order valence-electron chi connectivity index (χ2n) is 4.51. The molecule has 0 aliphatic carbocycles. The van der Waals surface area contributed by atoms with Crippen LogP contribution in [0.15, 0.2) is 0 Å². The average molecular weight is 346 g/mol. The van der Waals surface area contributed by atoms with Gasteiger partial charge in [0.2, 0.25) is 15.9 Å². The van der Waals surface area contributed by atoms with Crippen LogP contribution in [-0.2, 0) is 14.8 Å². The number of hydrogen-bond acceptors (Lipinski definition) is 5. The average Bonchev–Trinajstić information content (AvgIpc) is 2.39. The summed E-state index contributed by atoms with van der Waals surface area (Å²) in [4.78, 5) is 11.5. The number of carbonyl (C=O) groups is 1. The van der Waals surface area contributed by atoms with Crippen molar-refractivity contribution < 1.29 is 13.2 Å². The Morgan fingerprint density at radius 2 is 2.00 bits per heavy atom. The third kappa shape index (κ3) is 6.62. The van der Waals surface area contributed by atoms with Crippen LogP contribution in [0.25, 0.3) is 0 Å². The second kappa shape index (κ2) is 9.83. The Hall–Kier alpha value is -0.0200. The molecule has 0 aromatic rings. The second-order valence-corrected chi connectivity index (χ2v) is 7.83. The summed E-state index contributed by atoms with van der Waals surface area (Å²) in [6, 6.07) is -0.543. The molecule has 0 aromatic heterocycles. The molecule has 0 aromatic carbocycles. The minimum absolute atomic E-state index is 0. The van der Waals surface area contributed by atoms with Gasteiger partial charge in [-0.3, -0.25) is 4.79 Å². The van der Waals surface area contributed by atoms with E-state index in [-0.39, 0.29) is 30.6 Å². The van der Waals surface area contributed by atoms with Gasteiger partial charge in [0.05, 0.1) is 11.8 Å². The van der Waals surface area contributed by atoms with Crippen LogP contribution in [-0.4, -0.2) is 61.6 Å². The zero-order chi connectivity index (χ0) is 14.3. The van der Waals surface area contributed by atoms with Crippen LogP contribution < -0.4 is 11.1 Å². The fourth-order valence-electron chi connectivity index (χ4n) is 1.83. The Morgan fingerprint density at radius 3 is 2.55 bits per heavy atom. The highest BCUT2D eigenvalue weighted by Gasteiger charge is 2.24. The van der Waals surface area contributed by atoms with E-state index in [0.717, 1.165) is 17.9 Å². The Morgan fingerprint density at radius 1 is 1.40 bits per heavy atom. The van der Waals surface area contributed by atoms with Crippen LogP contribution in [0.4, 0.5) is 0 Å². The van der Waals surface area contributed by atoms with E-state index in [2.05, 4.69) is 5.32 Å². The standard InChI is InChI=1S/C11H23N3O3S2.ClH/c1-2-3-10(12)11(15)13-4-9-19(16,17)14-5-7-18-8-6-14;/h10H,2-9,12H2,1H3,(H,13,15);1H. The van der Waals surface area contributed by atoms with Crippen LogP contribution in [0.3, 0.4) is 0 Å². The van der Waals surface area contributed by atoms with Crippen LogP contribution in [0.5, 0.6) is 0 Å². The van der Waals surface area contributed by atoms with Gasteiger partial charge in [0, 0.05) is 31.1 Å². The number of thioether (sulfide) groups is 1. The van der Waals surface area contributed by atoms with Gasteiger partial charge in [0.15, 0.2) is 0 Å². The first-order chi connectivity index (χ1) is 8.97. The lowest BCUT2D eigenvalue weighted by molar-refractivity contribution is -0.122. The van der Waals surface area contributed by atoms with E-state index in [1.807, 2.05) is 6.92 Å².